The third-order valence-electron chi connectivity index (χ3n) is 5.13. The van der Waals surface area contributed by atoms with Gasteiger partial charge in [-0.15, -0.1) is 0 Å². The first-order chi connectivity index (χ1) is 11.7. The van der Waals surface area contributed by atoms with Crippen LogP contribution < -0.4 is 10.5 Å². The SMILES string of the molecule is O=c1cc(C[NH+]2CCC[C@@H](CO)C2)c2c(ccc3ccccc32)o1. The highest BCUT2D eigenvalue weighted by atomic mass is 16.4. The predicted octanol–water partition coefficient (Wildman–Crippen LogP) is 1.73. The molecular weight excluding hydrogens is 302 g/mol. The van der Waals surface area contributed by atoms with Crippen molar-refractivity contribution in [2.75, 3.05) is 19.7 Å². The van der Waals surface area contributed by atoms with Crippen molar-refractivity contribution >= 4 is 21.7 Å². The highest BCUT2D eigenvalue weighted by Crippen LogP contribution is 2.27. The van der Waals surface area contributed by atoms with E-state index in [1.54, 1.807) is 6.07 Å². The Morgan fingerprint density at radius 2 is 2.08 bits per heavy atom. The van der Waals surface area contributed by atoms with E-state index in [0.29, 0.717) is 11.5 Å². The van der Waals surface area contributed by atoms with Gasteiger partial charge in [0.05, 0.1) is 19.7 Å². The van der Waals surface area contributed by atoms with Crippen molar-refractivity contribution in [2.24, 2.45) is 5.92 Å². The van der Waals surface area contributed by atoms with Crippen LogP contribution in [0.2, 0.25) is 0 Å². The molecule has 1 aromatic heterocycles. The van der Waals surface area contributed by atoms with Gasteiger partial charge in [-0.1, -0.05) is 30.3 Å². The number of likely N-dealkylation sites (tertiary alicyclic amines) is 1. The zero-order chi connectivity index (χ0) is 16.5. The quantitative estimate of drug-likeness (QED) is 0.570. The van der Waals surface area contributed by atoms with Crippen molar-refractivity contribution in [3.05, 3.63) is 58.4 Å². The smallest absolute Gasteiger partial charge is 0.336 e. The van der Waals surface area contributed by atoms with Crippen LogP contribution in [0.4, 0.5) is 0 Å². The Bertz CT molecular complexity index is 931. The first kappa shape index (κ1) is 15.4. The molecular formula is C20H22NO3+. The number of hydrogen-bond acceptors (Lipinski definition) is 3. The van der Waals surface area contributed by atoms with Gasteiger partial charge in [0.1, 0.15) is 12.1 Å². The second kappa shape index (κ2) is 6.38. The van der Waals surface area contributed by atoms with Gasteiger partial charge in [0.2, 0.25) is 0 Å². The molecule has 0 radical (unpaired) electrons. The number of aliphatic hydroxyl groups excluding tert-OH is 1. The summed E-state index contributed by atoms with van der Waals surface area (Å²) in [6.07, 6.45) is 2.22. The highest BCUT2D eigenvalue weighted by molar-refractivity contribution is 6.06. The number of nitrogens with one attached hydrogen (secondary N) is 1. The van der Waals surface area contributed by atoms with E-state index >= 15 is 0 Å². The second-order valence-electron chi connectivity index (χ2n) is 6.82. The molecule has 1 aliphatic rings. The monoisotopic (exact) mass is 324 g/mol. The van der Waals surface area contributed by atoms with Crippen molar-refractivity contribution in [3.8, 4) is 0 Å². The van der Waals surface area contributed by atoms with Crippen molar-refractivity contribution < 1.29 is 14.4 Å². The zero-order valence-corrected chi connectivity index (χ0v) is 13.6. The lowest BCUT2D eigenvalue weighted by Crippen LogP contribution is -3.12. The number of rotatable bonds is 3. The summed E-state index contributed by atoms with van der Waals surface area (Å²) in [4.78, 5) is 13.4. The van der Waals surface area contributed by atoms with Crippen molar-refractivity contribution in [1.29, 1.82) is 0 Å². The second-order valence-corrected chi connectivity index (χ2v) is 6.82. The maximum atomic E-state index is 12.0. The lowest BCUT2D eigenvalue weighted by Gasteiger charge is -2.29. The van der Waals surface area contributed by atoms with Gasteiger partial charge in [-0.3, -0.25) is 0 Å². The summed E-state index contributed by atoms with van der Waals surface area (Å²) in [6, 6.07) is 13.7. The topological polar surface area (TPSA) is 54.9 Å². The van der Waals surface area contributed by atoms with Crippen LogP contribution in [-0.2, 0) is 6.54 Å². The molecule has 0 saturated carbocycles. The minimum absolute atomic E-state index is 0.254. The summed E-state index contributed by atoms with van der Waals surface area (Å²) in [7, 11) is 0. The van der Waals surface area contributed by atoms with Crippen LogP contribution in [0.25, 0.3) is 21.7 Å². The van der Waals surface area contributed by atoms with Crippen LogP contribution in [0, 0.1) is 5.92 Å². The molecule has 4 heteroatoms. The minimum Gasteiger partial charge on any atom is -0.423 e. The van der Waals surface area contributed by atoms with E-state index in [4.69, 9.17) is 4.42 Å². The molecule has 124 valence electrons. The Labute approximate surface area is 140 Å². The van der Waals surface area contributed by atoms with E-state index < -0.39 is 0 Å². The molecule has 0 spiro atoms. The summed E-state index contributed by atoms with van der Waals surface area (Å²) < 4.78 is 5.44. The standard InChI is InChI=1S/C20H21NO3/c22-13-14-4-3-9-21(11-14)12-16-10-19(23)24-18-8-7-15-5-1-2-6-17(15)20(16)18/h1-2,5-8,10,14,22H,3-4,9,11-13H2/p+1/t14-/m1/s1. The Hall–Kier alpha value is -2.17. The van der Waals surface area contributed by atoms with Gasteiger partial charge in [0, 0.05) is 22.9 Å². The first-order valence-corrected chi connectivity index (χ1v) is 8.63. The Balaban J connectivity index is 1.81. The molecule has 4 rings (SSSR count). The van der Waals surface area contributed by atoms with Crippen molar-refractivity contribution in [2.45, 2.75) is 19.4 Å². The fraction of sp³-hybridized carbons (Fsp3) is 0.350. The molecule has 0 amide bonds. The van der Waals surface area contributed by atoms with E-state index in [2.05, 4.69) is 12.1 Å². The molecule has 1 fully saturated rings. The molecule has 1 unspecified atom stereocenters. The number of hydrogen-bond donors (Lipinski definition) is 2. The van der Waals surface area contributed by atoms with Crippen LogP contribution in [0.15, 0.2) is 51.7 Å². The molecule has 2 N–H and O–H groups in total. The third-order valence-corrected chi connectivity index (χ3v) is 5.13. The Kier molecular flexibility index (Phi) is 4.08. The van der Waals surface area contributed by atoms with Crippen LogP contribution in [0.1, 0.15) is 18.4 Å². The van der Waals surface area contributed by atoms with Gasteiger partial charge in [0.15, 0.2) is 0 Å². The number of aliphatic hydroxyl groups is 1. The molecule has 0 bridgehead atoms. The lowest BCUT2D eigenvalue weighted by atomic mass is 9.97. The van der Waals surface area contributed by atoms with Crippen LogP contribution in [-0.4, -0.2) is 24.8 Å². The fourth-order valence-electron chi connectivity index (χ4n) is 4.00. The van der Waals surface area contributed by atoms with Gasteiger partial charge in [-0.05, 0) is 29.7 Å². The van der Waals surface area contributed by atoms with E-state index in [9.17, 15) is 9.90 Å². The predicted molar refractivity (Wildman–Crippen MR) is 94.2 cm³/mol. The van der Waals surface area contributed by atoms with Crippen molar-refractivity contribution in [3.63, 3.8) is 0 Å². The average molecular weight is 324 g/mol. The van der Waals surface area contributed by atoms with E-state index in [1.807, 2.05) is 24.3 Å². The van der Waals surface area contributed by atoms with Gasteiger partial charge < -0.3 is 14.4 Å². The molecule has 0 aliphatic carbocycles. The Morgan fingerprint density at radius 3 is 2.96 bits per heavy atom. The minimum atomic E-state index is -0.289. The highest BCUT2D eigenvalue weighted by Gasteiger charge is 2.23. The Morgan fingerprint density at radius 1 is 1.21 bits per heavy atom. The van der Waals surface area contributed by atoms with E-state index in [1.165, 1.54) is 4.90 Å². The molecule has 2 heterocycles. The molecule has 2 aromatic carbocycles. The van der Waals surface area contributed by atoms with Gasteiger partial charge in [0.25, 0.3) is 0 Å². The number of quaternary nitrogens is 1. The molecule has 4 nitrogen and oxygen atoms in total. The van der Waals surface area contributed by atoms with Crippen LogP contribution in [0.3, 0.4) is 0 Å². The average Bonchev–Trinajstić information content (AvgIpc) is 2.61. The molecule has 1 aliphatic heterocycles. The van der Waals surface area contributed by atoms with Gasteiger partial charge in [-0.2, -0.15) is 0 Å². The fourth-order valence-corrected chi connectivity index (χ4v) is 4.00. The maximum absolute atomic E-state index is 12.0. The first-order valence-electron chi connectivity index (χ1n) is 8.63. The molecule has 1 saturated heterocycles. The molecule has 2 atom stereocenters. The zero-order valence-electron chi connectivity index (χ0n) is 13.6. The van der Waals surface area contributed by atoms with Gasteiger partial charge >= 0.3 is 5.63 Å². The summed E-state index contributed by atoms with van der Waals surface area (Å²) >= 11 is 0. The summed E-state index contributed by atoms with van der Waals surface area (Å²) in [5.74, 6) is 0.372. The number of benzene rings is 2. The summed E-state index contributed by atoms with van der Waals surface area (Å²) in [5.41, 5.74) is 1.42. The van der Waals surface area contributed by atoms with Crippen molar-refractivity contribution in [1.82, 2.24) is 0 Å². The third kappa shape index (κ3) is 2.83. The largest absolute Gasteiger partial charge is 0.423 e. The van der Waals surface area contributed by atoms with Gasteiger partial charge in [-0.25, -0.2) is 4.79 Å². The maximum Gasteiger partial charge on any atom is 0.336 e. The summed E-state index contributed by atoms with van der Waals surface area (Å²) in [6.45, 7) is 3.10. The summed E-state index contributed by atoms with van der Waals surface area (Å²) in [5, 5.41) is 12.8. The normalized spacial score (nSPS) is 21.4. The van der Waals surface area contributed by atoms with Crippen LogP contribution >= 0.6 is 0 Å². The lowest BCUT2D eigenvalue weighted by molar-refractivity contribution is -0.922. The number of fused-ring (bicyclic) bond motifs is 3. The molecule has 3 aromatic rings. The molecule has 24 heavy (non-hydrogen) atoms. The van der Waals surface area contributed by atoms with Crippen LogP contribution in [0.5, 0.6) is 0 Å². The van der Waals surface area contributed by atoms with E-state index in [0.717, 1.165) is 54.2 Å². The van der Waals surface area contributed by atoms with E-state index in [-0.39, 0.29) is 12.2 Å². The number of piperidine rings is 1.